The number of rotatable bonds is 6. The van der Waals surface area contributed by atoms with Gasteiger partial charge in [0.1, 0.15) is 5.82 Å². The first-order chi connectivity index (χ1) is 16.7. The molecule has 0 radical (unpaired) electrons. The molecule has 0 atom stereocenters. The Balaban J connectivity index is 1.35. The molecule has 4 aromatic rings. The van der Waals surface area contributed by atoms with E-state index >= 15 is 0 Å². The van der Waals surface area contributed by atoms with Crippen LogP contribution >= 0.6 is 11.6 Å². The monoisotopic (exact) mass is 502 g/mol. The normalized spacial score (nSPS) is 11.1. The lowest BCUT2D eigenvalue weighted by atomic mass is 10.2. The Labute approximate surface area is 202 Å². The van der Waals surface area contributed by atoms with Gasteiger partial charge in [-0.15, -0.1) is 0 Å². The highest BCUT2D eigenvalue weighted by Crippen LogP contribution is 2.36. The number of urea groups is 1. The minimum Gasteiger partial charge on any atom is -0.338 e. The molecule has 0 aliphatic rings. The van der Waals surface area contributed by atoms with E-state index in [4.69, 9.17) is 11.6 Å². The Morgan fingerprint density at radius 1 is 0.943 bits per heavy atom. The predicted octanol–water partition coefficient (Wildman–Crippen LogP) is 6.01. The van der Waals surface area contributed by atoms with Gasteiger partial charge < -0.3 is 21.3 Å². The number of carbonyl (C=O) groups is 1. The highest BCUT2D eigenvalue weighted by molar-refractivity contribution is 6.31. The SMILES string of the molecule is Cn1cc(Nc2ccnc(Nc3ccc(NC(=O)Nc4ccc(Cl)c(C(F)(F)F)c4)cc3)n2)cn1. The van der Waals surface area contributed by atoms with E-state index in [0.29, 0.717) is 23.1 Å². The molecular weight excluding hydrogens is 485 g/mol. The number of aryl methyl sites for hydroxylation is 1. The van der Waals surface area contributed by atoms with Gasteiger partial charge in [-0.3, -0.25) is 4.68 Å². The summed E-state index contributed by atoms with van der Waals surface area (Å²) in [6.45, 7) is 0. The standard InChI is InChI=1S/C22H18ClF3N8O/c1-34-12-16(11-28-34)29-19-8-9-27-20(33-19)30-13-2-4-14(5-3-13)31-21(35)32-15-6-7-18(23)17(10-15)22(24,25)26/h2-12H,1H3,(H2,31,32,35)(H2,27,29,30,33). The summed E-state index contributed by atoms with van der Waals surface area (Å²) < 4.78 is 40.6. The second kappa shape index (κ2) is 9.89. The minimum absolute atomic E-state index is 0.0468. The average Bonchev–Trinajstić information content (AvgIpc) is 3.20. The summed E-state index contributed by atoms with van der Waals surface area (Å²) >= 11 is 5.60. The molecule has 0 saturated carbocycles. The second-order valence-corrected chi connectivity index (χ2v) is 7.67. The first-order valence-corrected chi connectivity index (χ1v) is 10.4. The van der Waals surface area contributed by atoms with Gasteiger partial charge in [-0.1, -0.05) is 11.6 Å². The van der Waals surface area contributed by atoms with Crippen molar-refractivity contribution in [2.24, 2.45) is 7.05 Å². The number of alkyl halides is 3. The van der Waals surface area contributed by atoms with Crippen LogP contribution in [0.3, 0.4) is 0 Å². The first kappa shape index (κ1) is 23.8. The number of benzene rings is 2. The smallest absolute Gasteiger partial charge is 0.338 e. The Morgan fingerprint density at radius 2 is 1.63 bits per heavy atom. The van der Waals surface area contributed by atoms with Crippen LogP contribution in [0.5, 0.6) is 0 Å². The fourth-order valence-electron chi connectivity index (χ4n) is 3.00. The summed E-state index contributed by atoms with van der Waals surface area (Å²) in [5.74, 6) is 0.918. The summed E-state index contributed by atoms with van der Waals surface area (Å²) in [5.41, 5.74) is 0.774. The van der Waals surface area contributed by atoms with E-state index in [9.17, 15) is 18.0 Å². The number of halogens is 4. The highest BCUT2D eigenvalue weighted by atomic mass is 35.5. The van der Waals surface area contributed by atoms with E-state index in [2.05, 4.69) is 36.3 Å². The van der Waals surface area contributed by atoms with Crippen LogP contribution in [-0.2, 0) is 13.2 Å². The van der Waals surface area contributed by atoms with Crippen LogP contribution in [0.15, 0.2) is 67.1 Å². The average molecular weight is 503 g/mol. The molecule has 2 heterocycles. The highest BCUT2D eigenvalue weighted by Gasteiger charge is 2.33. The Hall–Kier alpha value is -4.32. The van der Waals surface area contributed by atoms with E-state index < -0.39 is 22.8 Å². The summed E-state index contributed by atoms with van der Waals surface area (Å²) in [6.07, 6.45) is 0.430. The largest absolute Gasteiger partial charge is 0.417 e. The van der Waals surface area contributed by atoms with Crippen molar-refractivity contribution in [3.05, 3.63) is 77.7 Å². The van der Waals surface area contributed by atoms with Gasteiger partial charge in [0.15, 0.2) is 0 Å². The number of hydrogen-bond acceptors (Lipinski definition) is 6. The number of aromatic nitrogens is 4. The maximum Gasteiger partial charge on any atom is 0.417 e. The molecule has 9 nitrogen and oxygen atoms in total. The van der Waals surface area contributed by atoms with Crippen LogP contribution in [-0.4, -0.2) is 25.8 Å². The number of amides is 2. The molecule has 180 valence electrons. The van der Waals surface area contributed by atoms with Crippen molar-refractivity contribution in [1.29, 1.82) is 0 Å². The van der Waals surface area contributed by atoms with Crippen LogP contribution in [0.25, 0.3) is 0 Å². The molecule has 2 aromatic heterocycles. The van der Waals surface area contributed by atoms with Crippen molar-refractivity contribution in [3.8, 4) is 0 Å². The molecule has 35 heavy (non-hydrogen) atoms. The number of carbonyl (C=O) groups excluding carboxylic acids is 1. The molecular formula is C22H18ClF3N8O. The first-order valence-electron chi connectivity index (χ1n) is 10.1. The fourth-order valence-corrected chi connectivity index (χ4v) is 3.23. The lowest BCUT2D eigenvalue weighted by Gasteiger charge is -2.12. The third-order valence-corrected chi connectivity index (χ3v) is 4.89. The molecule has 2 aromatic carbocycles. The van der Waals surface area contributed by atoms with Crippen molar-refractivity contribution >= 4 is 52.1 Å². The number of hydrogen-bond donors (Lipinski definition) is 4. The van der Waals surface area contributed by atoms with Gasteiger partial charge in [0.25, 0.3) is 0 Å². The van der Waals surface area contributed by atoms with Gasteiger partial charge in [0.05, 0.1) is 22.5 Å². The van der Waals surface area contributed by atoms with E-state index in [1.54, 1.807) is 53.6 Å². The molecule has 2 amide bonds. The molecule has 0 unspecified atom stereocenters. The van der Waals surface area contributed by atoms with Crippen LogP contribution < -0.4 is 21.3 Å². The van der Waals surface area contributed by atoms with E-state index in [-0.39, 0.29) is 5.69 Å². The zero-order valence-electron chi connectivity index (χ0n) is 18.1. The molecule has 0 aliphatic heterocycles. The van der Waals surface area contributed by atoms with Crippen molar-refractivity contribution < 1.29 is 18.0 Å². The van der Waals surface area contributed by atoms with Crippen LogP contribution in [0.1, 0.15) is 5.56 Å². The van der Waals surface area contributed by atoms with Crippen molar-refractivity contribution in [3.63, 3.8) is 0 Å². The van der Waals surface area contributed by atoms with Crippen molar-refractivity contribution in [2.75, 3.05) is 21.3 Å². The minimum atomic E-state index is -4.63. The Kier molecular flexibility index (Phi) is 6.73. The molecule has 0 bridgehead atoms. The van der Waals surface area contributed by atoms with E-state index in [1.807, 2.05) is 7.05 Å². The predicted molar refractivity (Wildman–Crippen MR) is 127 cm³/mol. The van der Waals surface area contributed by atoms with E-state index in [1.165, 1.54) is 6.07 Å². The van der Waals surface area contributed by atoms with Crippen LogP contribution in [0.4, 0.5) is 52.5 Å². The fraction of sp³-hybridized carbons (Fsp3) is 0.0909. The third-order valence-electron chi connectivity index (χ3n) is 4.56. The zero-order valence-corrected chi connectivity index (χ0v) is 18.8. The van der Waals surface area contributed by atoms with Crippen LogP contribution in [0.2, 0.25) is 5.02 Å². The van der Waals surface area contributed by atoms with Gasteiger partial charge in [0.2, 0.25) is 5.95 Å². The molecule has 0 saturated heterocycles. The van der Waals surface area contributed by atoms with Crippen LogP contribution in [0, 0.1) is 0 Å². The number of nitrogens with zero attached hydrogens (tertiary/aromatic N) is 4. The van der Waals surface area contributed by atoms with Gasteiger partial charge in [0, 0.05) is 36.5 Å². The van der Waals surface area contributed by atoms with Gasteiger partial charge in [-0.2, -0.15) is 23.3 Å². The number of anilines is 6. The topological polar surface area (TPSA) is 109 Å². The van der Waals surface area contributed by atoms with Crippen molar-refractivity contribution in [2.45, 2.75) is 6.18 Å². The van der Waals surface area contributed by atoms with Gasteiger partial charge >= 0.3 is 12.2 Å². The molecule has 0 spiro atoms. The summed E-state index contributed by atoms with van der Waals surface area (Å²) in [6, 6.07) is 10.7. The van der Waals surface area contributed by atoms with Crippen molar-refractivity contribution in [1.82, 2.24) is 19.7 Å². The quantitative estimate of drug-likeness (QED) is 0.257. The third kappa shape index (κ3) is 6.38. The lowest BCUT2D eigenvalue weighted by Crippen LogP contribution is -2.19. The molecule has 0 aliphatic carbocycles. The van der Waals surface area contributed by atoms with Gasteiger partial charge in [-0.25, -0.2) is 9.78 Å². The molecule has 13 heteroatoms. The lowest BCUT2D eigenvalue weighted by molar-refractivity contribution is -0.137. The molecule has 4 rings (SSSR count). The maximum absolute atomic E-state index is 13.0. The van der Waals surface area contributed by atoms with Gasteiger partial charge in [-0.05, 0) is 48.5 Å². The summed E-state index contributed by atoms with van der Waals surface area (Å²) in [4.78, 5) is 20.8. The zero-order chi connectivity index (χ0) is 25.0. The maximum atomic E-state index is 13.0. The number of nitrogens with one attached hydrogen (secondary N) is 4. The summed E-state index contributed by atoms with van der Waals surface area (Å²) in [5, 5.41) is 14.7. The molecule has 4 N–H and O–H groups in total. The Morgan fingerprint density at radius 3 is 2.31 bits per heavy atom. The molecule has 0 fully saturated rings. The Bertz CT molecular complexity index is 1340. The van der Waals surface area contributed by atoms with E-state index in [0.717, 1.165) is 17.8 Å². The second-order valence-electron chi connectivity index (χ2n) is 7.27. The summed E-state index contributed by atoms with van der Waals surface area (Å²) in [7, 11) is 1.81.